The first-order valence-corrected chi connectivity index (χ1v) is 4.95. The number of hydrogen-bond acceptors (Lipinski definition) is 2. The van der Waals surface area contributed by atoms with Gasteiger partial charge in [-0.3, -0.25) is 0 Å². The lowest BCUT2D eigenvalue weighted by atomic mass is 10.2. The minimum atomic E-state index is -1.48. The Morgan fingerprint density at radius 2 is 1.64 bits per heavy atom. The standard InChI is InChI=1S/C8H4Cl4O2/c9-7(13)14-6-3-1-5(2-4-6)8(10,11)12/h1-4H. The van der Waals surface area contributed by atoms with Crippen LogP contribution in [0.4, 0.5) is 4.79 Å². The number of benzene rings is 1. The molecule has 0 saturated heterocycles. The number of rotatable bonds is 1. The minimum absolute atomic E-state index is 0.294. The summed E-state index contributed by atoms with van der Waals surface area (Å²) < 4.78 is 3.10. The zero-order chi connectivity index (χ0) is 10.8. The summed E-state index contributed by atoms with van der Waals surface area (Å²) in [6, 6.07) is 6.03. The molecule has 1 aromatic carbocycles. The number of ether oxygens (including phenoxy) is 1. The number of halogens is 4. The molecule has 0 heterocycles. The molecule has 0 aliphatic heterocycles. The van der Waals surface area contributed by atoms with Crippen LogP contribution in [0.15, 0.2) is 24.3 Å². The Hall–Kier alpha value is -0.150. The molecule has 1 rings (SSSR count). The van der Waals surface area contributed by atoms with Crippen molar-refractivity contribution in [2.45, 2.75) is 3.79 Å². The molecule has 6 heteroatoms. The Kier molecular flexibility index (Phi) is 3.90. The number of carbonyl (C=O) groups is 1. The molecule has 0 amide bonds. The van der Waals surface area contributed by atoms with Gasteiger partial charge in [0.15, 0.2) is 0 Å². The van der Waals surface area contributed by atoms with Gasteiger partial charge < -0.3 is 4.74 Å². The summed E-state index contributed by atoms with van der Waals surface area (Å²) in [5.74, 6) is 0.294. The summed E-state index contributed by atoms with van der Waals surface area (Å²) in [4.78, 5) is 10.4. The summed E-state index contributed by atoms with van der Waals surface area (Å²) in [7, 11) is 0. The Bertz CT molecular complexity index is 328. The molecule has 0 radical (unpaired) electrons. The van der Waals surface area contributed by atoms with Gasteiger partial charge in [0, 0.05) is 17.2 Å². The maximum absolute atomic E-state index is 10.4. The van der Waals surface area contributed by atoms with Crippen molar-refractivity contribution in [1.29, 1.82) is 0 Å². The van der Waals surface area contributed by atoms with Crippen LogP contribution in [0, 0.1) is 0 Å². The normalized spacial score (nSPS) is 11.1. The molecule has 0 fully saturated rings. The third kappa shape index (κ3) is 3.54. The van der Waals surface area contributed by atoms with Crippen molar-refractivity contribution in [3.63, 3.8) is 0 Å². The minimum Gasteiger partial charge on any atom is -0.415 e. The maximum Gasteiger partial charge on any atom is 0.409 e. The highest BCUT2D eigenvalue weighted by molar-refractivity contribution is 6.66. The van der Waals surface area contributed by atoms with Crippen LogP contribution in [0.5, 0.6) is 5.75 Å². The molecule has 76 valence electrons. The van der Waals surface area contributed by atoms with E-state index in [-0.39, 0.29) is 0 Å². The van der Waals surface area contributed by atoms with Crippen LogP contribution in [0.2, 0.25) is 0 Å². The summed E-state index contributed by atoms with van der Waals surface area (Å²) in [6.07, 6.45) is 0. The molecule has 0 atom stereocenters. The van der Waals surface area contributed by atoms with Gasteiger partial charge in [-0.2, -0.15) is 0 Å². The SMILES string of the molecule is O=C(Cl)Oc1ccc(C(Cl)(Cl)Cl)cc1. The van der Waals surface area contributed by atoms with Crippen molar-refractivity contribution in [3.8, 4) is 5.75 Å². The first-order chi connectivity index (χ1) is 6.39. The highest BCUT2D eigenvalue weighted by Gasteiger charge is 2.22. The van der Waals surface area contributed by atoms with E-state index in [2.05, 4.69) is 4.74 Å². The molecule has 0 bridgehead atoms. The van der Waals surface area contributed by atoms with Crippen molar-refractivity contribution in [3.05, 3.63) is 29.8 Å². The molecule has 14 heavy (non-hydrogen) atoms. The van der Waals surface area contributed by atoms with Crippen molar-refractivity contribution < 1.29 is 9.53 Å². The van der Waals surface area contributed by atoms with Gasteiger partial charge in [-0.15, -0.1) is 0 Å². The summed E-state index contributed by atoms with van der Waals surface area (Å²) in [5.41, 5.74) is -0.427. The molecule has 0 N–H and O–H groups in total. The van der Waals surface area contributed by atoms with E-state index in [1.165, 1.54) is 24.3 Å². The maximum atomic E-state index is 10.4. The van der Waals surface area contributed by atoms with Crippen molar-refractivity contribution in [2.75, 3.05) is 0 Å². The van der Waals surface area contributed by atoms with E-state index in [0.29, 0.717) is 11.3 Å². The summed E-state index contributed by atoms with van der Waals surface area (Å²) in [6.45, 7) is 0. The molecule has 2 nitrogen and oxygen atoms in total. The fraction of sp³-hybridized carbons (Fsp3) is 0.125. The third-order valence-electron chi connectivity index (χ3n) is 1.38. The van der Waals surface area contributed by atoms with Gasteiger partial charge in [0.25, 0.3) is 0 Å². The largest absolute Gasteiger partial charge is 0.415 e. The van der Waals surface area contributed by atoms with Crippen LogP contribution in [0.3, 0.4) is 0 Å². The van der Waals surface area contributed by atoms with Crippen molar-refractivity contribution in [2.24, 2.45) is 0 Å². The lowest BCUT2D eigenvalue weighted by Gasteiger charge is -2.10. The average molecular weight is 274 g/mol. The highest BCUT2D eigenvalue weighted by atomic mass is 35.6. The van der Waals surface area contributed by atoms with Gasteiger partial charge >= 0.3 is 5.43 Å². The molecule has 0 aliphatic rings. The number of carbonyl (C=O) groups excluding carboxylic acids is 1. The van der Waals surface area contributed by atoms with E-state index >= 15 is 0 Å². The number of alkyl halides is 3. The second kappa shape index (κ2) is 4.58. The number of hydrogen-bond donors (Lipinski definition) is 0. The van der Waals surface area contributed by atoms with E-state index in [9.17, 15) is 4.79 Å². The quantitative estimate of drug-likeness (QED) is 0.565. The lowest BCUT2D eigenvalue weighted by molar-refractivity contribution is 0.225. The van der Waals surface area contributed by atoms with Crippen LogP contribution in [0.25, 0.3) is 0 Å². The van der Waals surface area contributed by atoms with Crippen LogP contribution >= 0.6 is 46.4 Å². The Morgan fingerprint density at radius 3 is 2.00 bits per heavy atom. The Morgan fingerprint density at radius 1 is 1.14 bits per heavy atom. The first kappa shape index (κ1) is 11.9. The zero-order valence-electron chi connectivity index (χ0n) is 6.64. The molecule has 1 aromatic rings. The molecule has 0 spiro atoms. The molecular formula is C8H4Cl4O2. The molecule has 0 aromatic heterocycles. The van der Waals surface area contributed by atoms with E-state index in [4.69, 9.17) is 46.4 Å². The fourth-order valence-corrected chi connectivity index (χ4v) is 1.27. The van der Waals surface area contributed by atoms with Crippen LogP contribution < -0.4 is 4.74 Å². The summed E-state index contributed by atoms with van der Waals surface area (Å²) >= 11 is 21.8. The van der Waals surface area contributed by atoms with Gasteiger partial charge in [0.05, 0.1) is 0 Å². The van der Waals surface area contributed by atoms with Crippen molar-refractivity contribution in [1.82, 2.24) is 0 Å². The fourth-order valence-electron chi connectivity index (χ4n) is 0.805. The second-order valence-electron chi connectivity index (χ2n) is 2.36. The monoisotopic (exact) mass is 272 g/mol. The zero-order valence-corrected chi connectivity index (χ0v) is 9.66. The smallest absolute Gasteiger partial charge is 0.409 e. The summed E-state index contributed by atoms with van der Waals surface area (Å²) in [5, 5.41) is 0. The predicted molar refractivity (Wildman–Crippen MR) is 57.6 cm³/mol. The topological polar surface area (TPSA) is 26.3 Å². The van der Waals surface area contributed by atoms with Gasteiger partial charge in [-0.05, 0) is 12.1 Å². The van der Waals surface area contributed by atoms with Gasteiger partial charge in [-0.25, -0.2) is 4.79 Å². The van der Waals surface area contributed by atoms with Crippen LogP contribution in [-0.2, 0) is 3.79 Å². The van der Waals surface area contributed by atoms with Gasteiger partial charge in [0.2, 0.25) is 3.79 Å². The Labute approximate surface area is 101 Å². The lowest BCUT2D eigenvalue weighted by Crippen LogP contribution is -2.00. The second-order valence-corrected chi connectivity index (χ2v) is 4.95. The van der Waals surface area contributed by atoms with E-state index in [0.717, 1.165) is 0 Å². The average Bonchev–Trinajstić information content (AvgIpc) is 2.02. The van der Waals surface area contributed by atoms with E-state index < -0.39 is 9.22 Å². The first-order valence-electron chi connectivity index (χ1n) is 3.44. The van der Waals surface area contributed by atoms with Crippen LogP contribution in [-0.4, -0.2) is 5.43 Å². The van der Waals surface area contributed by atoms with E-state index in [1.54, 1.807) is 0 Å². The molecule has 0 saturated carbocycles. The molecular weight excluding hydrogens is 270 g/mol. The highest BCUT2D eigenvalue weighted by Crippen LogP contribution is 2.38. The Balaban J connectivity index is 2.84. The molecule has 0 unspecified atom stereocenters. The van der Waals surface area contributed by atoms with Gasteiger partial charge in [-0.1, -0.05) is 46.9 Å². The van der Waals surface area contributed by atoms with E-state index in [1.807, 2.05) is 0 Å². The predicted octanol–water partition coefficient (Wildman–Crippen LogP) is 4.25. The van der Waals surface area contributed by atoms with Crippen molar-refractivity contribution >= 4 is 51.8 Å². The third-order valence-corrected chi connectivity index (χ3v) is 2.11. The van der Waals surface area contributed by atoms with Gasteiger partial charge in [0.1, 0.15) is 5.75 Å². The molecule has 0 aliphatic carbocycles. The van der Waals surface area contributed by atoms with Crippen LogP contribution in [0.1, 0.15) is 5.56 Å².